The first-order valence-electron chi connectivity index (χ1n) is 21.2. The number of ether oxygens (including phenoxy) is 6. The van der Waals surface area contributed by atoms with Crippen LogP contribution in [0.4, 0.5) is 0 Å². The van der Waals surface area contributed by atoms with Crippen LogP contribution < -0.4 is 0 Å². The van der Waals surface area contributed by atoms with E-state index in [1.807, 2.05) is 72.8 Å². The molecule has 1 saturated heterocycles. The minimum atomic E-state index is -1.33. The average Bonchev–Trinajstić information content (AvgIpc) is 3.65. The van der Waals surface area contributed by atoms with Crippen LogP contribution in [0.15, 0.2) is 176 Å². The van der Waals surface area contributed by atoms with Gasteiger partial charge in [-0.15, -0.1) is 0 Å². The molecule has 0 aromatic heterocycles. The van der Waals surface area contributed by atoms with Crippen molar-refractivity contribution in [1.29, 1.82) is 0 Å². The first-order chi connectivity index (χ1) is 29.6. The summed E-state index contributed by atoms with van der Waals surface area (Å²) in [5, 5.41) is 2.32. The first kappa shape index (κ1) is 40.0. The Labute approximate surface area is 353 Å². The lowest BCUT2D eigenvalue weighted by atomic mass is 9.85. The van der Waals surface area contributed by atoms with Crippen LogP contribution in [0.1, 0.15) is 57.0 Å². The molecule has 1 fully saturated rings. The van der Waals surface area contributed by atoms with Crippen LogP contribution in [0, 0.1) is 0 Å². The number of aryl methyl sites for hydroxylation is 1. The Morgan fingerprint density at radius 3 is 1.68 bits per heavy atom. The zero-order valence-electron chi connectivity index (χ0n) is 34.2. The molecule has 2 heterocycles. The van der Waals surface area contributed by atoms with Gasteiger partial charge in [-0.1, -0.05) is 171 Å². The molecule has 0 amide bonds. The standard InChI is InChI=1S/C54H52O6/c1-2-39-26-28-40(29-27-39)30-45-24-15-25-46-31-47-37-59-54(49(47)32-48(45)46)53(58-36-44-22-13-6-14-23-44)52(57-35-43-20-11-5-12-21-43)51(56-34-42-18-9-4-10-19-42)50(60-54)38-55-33-41-16-7-3-8-17-41/h3-29,31-32,50-53H,2,30,33-38H2,1H3/t50-,51-,52+,53-,54+/m1/s1. The summed E-state index contributed by atoms with van der Waals surface area (Å²) in [4.78, 5) is 0. The predicted molar refractivity (Wildman–Crippen MR) is 235 cm³/mol. The van der Waals surface area contributed by atoms with E-state index in [4.69, 9.17) is 28.4 Å². The maximum absolute atomic E-state index is 7.44. The SMILES string of the molecule is CCc1ccc(Cc2cccc3cc4c(cc23)[C@]2(OC4)O[C@H](COCc3ccccc3)[C@@H](OCc3ccccc3)[C@H](OCc3ccccc3)[C@H]2OCc2ccccc2)cc1. The summed E-state index contributed by atoms with van der Waals surface area (Å²) in [6.45, 7) is 4.26. The van der Waals surface area contributed by atoms with Gasteiger partial charge in [0.1, 0.15) is 24.4 Å². The Kier molecular flexibility index (Phi) is 12.6. The monoisotopic (exact) mass is 796 g/mol. The maximum Gasteiger partial charge on any atom is 0.226 e. The third-order valence-corrected chi connectivity index (χ3v) is 11.8. The molecule has 9 rings (SSSR count). The van der Waals surface area contributed by atoms with E-state index in [0.29, 0.717) is 33.0 Å². The second-order valence-corrected chi connectivity index (χ2v) is 15.8. The van der Waals surface area contributed by atoms with E-state index >= 15 is 0 Å². The van der Waals surface area contributed by atoms with Gasteiger partial charge < -0.3 is 28.4 Å². The lowest BCUT2D eigenvalue weighted by Gasteiger charge is -2.51. The van der Waals surface area contributed by atoms with Crippen molar-refractivity contribution in [2.45, 2.75) is 83.0 Å². The van der Waals surface area contributed by atoms with Crippen LogP contribution in [-0.2, 0) is 80.1 Å². The Morgan fingerprint density at radius 1 is 0.533 bits per heavy atom. The largest absolute Gasteiger partial charge is 0.374 e. The fourth-order valence-electron chi connectivity index (χ4n) is 8.58. The van der Waals surface area contributed by atoms with Crippen molar-refractivity contribution in [2.24, 2.45) is 0 Å². The summed E-state index contributed by atoms with van der Waals surface area (Å²) >= 11 is 0. The van der Waals surface area contributed by atoms with Crippen molar-refractivity contribution in [1.82, 2.24) is 0 Å². The molecule has 6 nitrogen and oxygen atoms in total. The quantitative estimate of drug-likeness (QED) is 0.0971. The summed E-state index contributed by atoms with van der Waals surface area (Å²) in [5.41, 5.74) is 10.1. The van der Waals surface area contributed by atoms with Crippen molar-refractivity contribution < 1.29 is 28.4 Å². The van der Waals surface area contributed by atoms with E-state index in [1.165, 1.54) is 22.1 Å². The minimum absolute atomic E-state index is 0.248. The summed E-state index contributed by atoms with van der Waals surface area (Å²) in [7, 11) is 0. The van der Waals surface area contributed by atoms with Crippen LogP contribution in [0.5, 0.6) is 0 Å². The molecule has 7 aromatic rings. The van der Waals surface area contributed by atoms with Crippen molar-refractivity contribution in [3.05, 3.63) is 226 Å². The topological polar surface area (TPSA) is 55.4 Å². The van der Waals surface area contributed by atoms with E-state index in [0.717, 1.165) is 51.6 Å². The van der Waals surface area contributed by atoms with Crippen LogP contribution in [0.2, 0.25) is 0 Å². The van der Waals surface area contributed by atoms with Gasteiger partial charge >= 0.3 is 0 Å². The summed E-state index contributed by atoms with van der Waals surface area (Å²) < 4.78 is 42.2. The number of rotatable bonds is 16. The van der Waals surface area contributed by atoms with Crippen LogP contribution >= 0.6 is 0 Å². The highest BCUT2D eigenvalue weighted by molar-refractivity contribution is 5.88. The highest BCUT2D eigenvalue weighted by atomic mass is 16.7. The third kappa shape index (κ3) is 9.01. The molecule has 2 aliphatic heterocycles. The molecule has 304 valence electrons. The van der Waals surface area contributed by atoms with Gasteiger partial charge in [0.25, 0.3) is 0 Å². The summed E-state index contributed by atoms with van der Waals surface area (Å²) in [6, 6.07) is 61.0. The molecule has 0 aliphatic carbocycles. The Balaban J connectivity index is 1.15. The second-order valence-electron chi connectivity index (χ2n) is 15.8. The van der Waals surface area contributed by atoms with Crippen molar-refractivity contribution in [3.8, 4) is 0 Å². The molecule has 0 saturated carbocycles. The molecule has 2 aliphatic rings. The van der Waals surface area contributed by atoms with Crippen LogP contribution in [0.25, 0.3) is 10.8 Å². The lowest BCUT2D eigenvalue weighted by Crippen LogP contribution is -2.65. The summed E-state index contributed by atoms with van der Waals surface area (Å²) in [5.74, 6) is -1.33. The Hall–Kier alpha value is -5.44. The van der Waals surface area contributed by atoms with E-state index in [2.05, 4.69) is 110 Å². The van der Waals surface area contributed by atoms with Crippen molar-refractivity contribution in [3.63, 3.8) is 0 Å². The molecule has 0 N–H and O–H groups in total. The third-order valence-electron chi connectivity index (χ3n) is 11.8. The van der Waals surface area contributed by atoms with E-state index in [1.54, 1.807) is 0 Å². The molecule has 0 unspecified atom stereocenters. The predicted octanol–water partition coefficient (Wildman–Crippen LogP) is 11.0. The Morgan fingerprint density at radius 2 is 1.08 bits per heavy atom. The van der Waals surface area contributed by atoms with E-state index in [-0.39, 0.29) is 6.61 Å². The van der Waals surface area contributed by atoms with Gasteiger partial charge in [-0.3, -0.25) is 0 Å². The first-order valence-corrected chi connectivity index (χ1v) is 21.2. The van der Waals surface area contributed by atoms with Crippen LogP contribution in [-0.4, -0.2) is 31.0 Å². The lowest BCUT2D eigenvalue weighted by molar-refractivity contribution is -0.387. The zero-order valence-corrected chi connectivity index (χ0v) is 34.2. The highest BCUT2D eigenvalue weighted by Crippen LogP contribution is 2.50. The van der Waals surface area contributed by atoms with E-state index < -0.39 is 30.2 Å². The molecular formula is C54H52O6. The van der Waals surface area contributed by atoms with Gasteiger partial charge in [-0.05, 0) is 80.3 Å². The van der Waals surface area contributed by atoms with E-state index in [9.17, 15) is 0 Å². The molecule has 0 radical (unpaired) electrons. The number of fused-ring (bicyclic) bond motifs is 3. The molecule has 5 atom stereocenters. The molecule has 60 heavy (non-hydrogen) atoms. The van der Waals surface area contributed by atoms with Crippen molar-refractivity contribution in [2.75, 3.05) is 6.61 Å². The normalized spacial score (nSPS) is 21.0. The van der Waals surface area contributed by atoms with Gasteiger partial charge in [0.2, 0.25) is 5.79 Å². The maximum atomic E-state index is 7.44. The number of hydrogen-bond donors (Lipinski definition) is 0. The fourth-order valence-corrected chi connectivity index (χ4v) is 8.58. The van der Waals surface area contributed by atoms with Gasteiger partial charge in [0.05, 0.1) is 39.6 Å². The summed E-state index contributed by atoms with van der Waals surface area (Å²) in [6.07, 6.45) is -0.681. The van der Waals surface area contributed by atoms with Gasteiger partial charge in [0.15, 0.2) is 0 Å². The smallest absolute Gasteiger partial charge is 0.226 e. The number of benzene rings is 7. The Bertz CT molecular complexity index is 2420. The molecule has 7 aromatic carbocycles. The van der Waals surface area contributed by atoms with Gasteiger partial charge in [-0.25, -0.2) is 0 Å². The van der Waals surface area contributed by atoms with Gasteiger partial charge in [0, 0.05) is 5.56 Å². The molecular weight excluding hydrogens is 745 g/mol. The molecule has 1 spiro atoms. The fraction of sp³-hybridized carbons (Fsp3) is 0.259. The average molecular weight is 797 g/mol. The van der Waals surface area contributed by atoms with Crippen molar-refractivity contribution >= 4 is 10.8 Å². The minimum Gasteiger partial charge on any atom is -0.374 e. The number of hydrogen-bond acceptors (Lipinski definition) is 6. The molecule has 0 bridgehead atoms. The highest BCUT2D eigenvalue weighted by Gasteiger charge is 2.61. The molecule has 6 heteroatoms. The zero-order chi connectivity index (χ0) is 40.6. The van der Waals surface area contributed by atoms with Gasteiger partial charge in [-0.2, -0.15) is 0 Å². The van der Waals surface area contributed by atoms with Crippen LogP contribution in [0.3, 0.4) is 0 Å². The second kappa shape index (κ2) is 18.9.